The summed E-state index contributed by atoms with van der Waals surface area (Å²) in [6.45, 7) is 8.61. The minimum absolute atomic E-state index is 0.00669. The Bertz CT molecular complexity index is 1130. The van der Waals surface area contributed by atoms with Crippen molar-refractivity contribution in [1.82, 2.24) is 33.8 Å². The Morgan fingerprint density at radius 3 is 2.36 bits per heavy atom. The highest BCUT2D eigenvalue weighted by atomic mass is 32.2. The molecule has 1 aromatic heterocycles. The summed E-state index contributed by atoms with van der Waals surface area (Å²) < 4.78 is 30.0. The molecule has 0 spiro atoms. The van der Waals surface area contributed by atoms with Crippen LogP contribution in [0.2, 0.25) is 0 Å². The lowest BCUT2D eigenvalue weighted by Gasteiger charge is -2.30. The number of sulfonamides is 1. The quantitative estimate of drug-likeness (QED) is 0.350. The Morgan fingerprint density at radius 1 is 1.05 bits per heavy atom. The maximum absolute atomic E-state index is 13.4. The zero-order valence-corrected chi connectivity index (χ0v) is 25.2. The molecule has 218 valence electrons. The summed E-state index contributed by atoms with van der Waals surface area (Å²) in [6.07, 6.45) is 5.06. The molecule has 1 aliphatic heterocycles. The van der Waals surface area contributed by atoms with Crippen LogP contribution in [0, 0.1) is 0 Å². The maximum Gasteiger partial charge on any atom is 0.320 e. The van der Waals surface area contributed by atoms with E-state index in [2.05, 4.69) is 23.8 Å². The molecule has 0 aliphatic carbocycles. The van der Waals surface area contributed by atoms with Crippen molar-refractivity contribution in [2.45, 2.75) is 65.0 Å². The summed E-state index contributed by atoms with van der Waals surface area (Å²) in [7, 11) is 1.70. The van der Waals surface area contributed by atoms with Gasteiger partial charge >= 0.3 is 6.03 Å². The van der Waals surface area contributed by atoms with Crippen molar-refractivity contribution < 1.29 is 13.2 Å². The van der Waals surface area contributed by atoms with Crippen LogP contribution < -0.4 is 0 Å². The van der Waals surface area contributed by atoms with Gasteiger partial charge in [-0.3, -0.25) is 4.68 Å². The topological polar surface area (TPSA) is 94.9 Å². The van der Waals surface area contributed by atoms with Crippen LogP contribution in [-0.2, 0) is 30.0 Å². The van der Waals surface area contributed by atoms with Gasteiger partial charge in [0.1, 0.15) is 5.82 Å². The smallest absolute Gasteiger partial charge is 0.320 e. The van der Waals surface area contributed by atoms with Gasteiger partial charge in [0.2, 0.25) is 10.0 Å². The van der Waals surface area contributed by atoms with Crippen LogP contribution >= 0.6 is 0 Å². The van der Waals surface area contributed by atoms with Gasteiger partial charge in [0.25, 0.3) is 0 Å². The molecule has 0 unspecified atom stereocenters. The first kappa shape index (κ1) is 31.0. The number of nitrogens with zero attached hydrogens (tertiary/aromatic N) is 7. The summed E-state index contributed by atoms with van der Waals surface area (Å²) in [6, 6.07) is 9.54. The van der Waals surface area contributed by atoms with E-state index >= 15 is 0 Å². The number of benzene rings is 1. The lowest BCUT2D eigenvalue weighted by Crippen LogP contribution is -2.43. The van der Waals surface area contributed by atoms with E-state index in [1.165, 1.54) is 4.31 Å². The van der Waals surface area contributed by atoms with Crippen molar-refractivity contribution in [3.63, 3.8) is 0 Å². The van der Waals surface area contributed by atoms with E-state index < -0.39 is 16.1 Å². The summed E-state index contributed by atoms with van der Waals surface area (Å²) in [5, 5.41) is 4.66. The molecule has 1 saturated heterocycles. The highest BCUT2D eigenvalue weighted by molar-refractivity contribution is 7.89. The van der Waals surface area contributed by atoms with Gasteiger partial charge in [0.05, 0.1) is 18.3 Å². The molecule has 2 aromatic rings. The van der Waals surface area contributed by atoms with E-state index in [4.69, 9.17) is 4.98 Å². The van der Waals surface area contributed by atoms with Crippen LogP contribution in [0.4, 0.5) is 4.79 Å². The third-order valence-electron chi connectivity index (χ3n) is 7.70. The first-order chi connectivity index (χ1) is 18.7. The second-order valence-electron chi connectivity index (χ2n) is 10.4. The Hall–Kier alpha value is -2.50. The number of carbonyl (C=O) groups is 1. The van der Waals surface area contributed by atoms with Crippen molar-refractivity contribution in [2.75, 3.05) is 52.6 Å². The van der Waals surface area contributed by atoms with Crippen molar-refractivity contribution >= 4 is 16.1 Å². The first-order valence-electron chi connectivity index (χ1n) is 14.3. The molecule has 1 atom stereocenters. The molecule has 1 aromatic carbocycles. The second-order valence-corrected chi connectivity index (χ2v) is 12.6. The average Bonchev–Trinajstić information content (AvgIpc) is 3.30. The fourth-order valence-corrected chi connectivity index (χ4v) is 6.46. The third kappa shape index (κ3) is 8.74. The fraction of sp³-hybridized carbons (Fsp3) is 0.679. The Kier molecular flexibility index (Phi) is 11.7. The van der Waals surface area contributed by atoms with Gasteiger partial charge in [0, 0.05) is 34.2 Å². The number of amides is 2. The molecular weight excluding hydrogens is 514 g/mol. The van der Waals surface area contributed by atoms with E-state index in [9.17, 15) is 13.2 Å². The molecule has 10 nitrogen and oxygen atoms in total. The van der Waals surface area contributed by atoms with Crippen molar-refractivity contribution in [2.24, 2.45) is 7.05 Å². The van der Waals surface area contributed by atoms with Crippen LogP contribution in [-0.4, -0.2) is 101 Å². The second kappa shape index (κ2) is 14.8. The molecule has 0 radical (unpaired) electrons. The molecular formula is C28H47N7O3S. The molecule has 2 heterocycles. The molecule has 11 heteroatoms. The van der Waals surface area contributed by atoms with E-state index in [-0.39, 0.29) is 11.8 Å². The lowest BCUT2D eigenvalue weighted by molar-refractivity contribution is 0.149. The van der Waals surface area contributed by atoms with Gasteiger partial charge in [-0.05, 0) is 63.7 Å². The van der Waals surface area contributed by atoms with Gasteiger partial charge < -0.3 is 14.7 Å². The zero-order chi connectivity index (χ0) is 28.4. The van der Waals surface area contributed by atoms with Crippen LogP contribution in [0.5, 0.6) is 0 Å². The minimum atomic E-state index is -3.53. The first-order valence-corrected chi connectivity index (χ1v) is 15.9. The Morgan fingerprint density at radius 2 is 1.72 bits per heavy atom. The molecule has 0 N–H and O–H groups in total. The number of piperidine rings is 1. The predicted octanol–water partition coefficient (Wildman–Crippen LogP) is 3.52. The monoisotopic (exact) mass is 561 g/mol. The number of hydrogen-bond donors (Lipinski definition) is 0. The largest absolute Gasteiger partial charge is 0.325 e. The van der Waals surface area contributed by atoms with Crippen LogP contribution in [0.3, 0.4) is 0 Å². The molecule has 1 aliphatic rings. The number of likely N-dealkylation sites (tertiary alicyclic amines) is 1. The van der Waals surface area contributed by atoms with E-state index in [0.717, 1.165) is 57.5 Å². The van der Waals surface area contributed by atoms with Gasteiger partial charge in [-0.2, -0.15) is 9.40 Å². The normalized spacial score (nSPS) is 15.2. The van der Waals surface area contributed by atoms with E-state index in [1.54, 1.807) is 30.7 Å². The number of rotatable bonds is 14. The van der Waals surface area contributed by atoms with Crippen LogP contribution in [0.15, 0.2) is 30.3 Å². The molecule has 2 amide bonds. The summed E-state index contributed by atoms with van der Waals surface area (Å²) in [4.78, 5) is 23.5. The number of urea groups is 1. The van der Waals surface area contributed by atoms with E-state index in [1.807, 2.05) is 35.2 Å². The Labute approximate surface area is 235 Å². The van der Waals surface area contributed by atoms with Crippen molar-refractivity contribution in [3.8, 4) is 0 Å². The van der Waals surface area contributed by atoms with Gasteiger partial charge in [0.15, 0.2) is 5.82 Å². The average molecular weight is 562 g/mol. The van der Waals surface area contributed by atoms with Crippen molar-refractivity contribution in [1.29, 1.82) is 0 Å². The van der Waals surface area contributed by atoms with Crippen LogP contribution in [0.25, 0.3) is 0 Å². The standard InChI is InChI=1S/C28H47N7O3S/c1-6-34(7-2)19-14-22-39(37,38)33(5)25(18-17-24-15-10-8-11-16-24)27-29-26(32(4)30-27)23-31(3)28(36)35-20-12-9-13-21-35/h8,10-11,15-16,25H,6-7,9,12-14,17-23H2,1-5H3/t25-/m1/s1. The number of aromatic nitrogens is 3. The SMILES string of the molecule is CCN(CC)CCCS(=O)(=O)N(C)[C@H](CCc1ccccc1)c1nc(CN(C)C(=O)N2CCCCC2)n(C)n1. The molecule has 3 rings (SSSR count). The highest BCUT2D eigenvalue weighted by Gasteiger charge is 2.31. The van der Waals surface area contributed by atoms with E-state index in [0.29, 0.717) is 37.5 Å². The van der Waals surface area contributed by atoms with Gasteiger partial charge in [-0.25, -0.2) is 18.2 Å². The summed E-state index contributed by atoms with van der Waals surface area (Å²) in [5.74, 6) is 1.18. The predicted molar refractivity (Wildman–Crippen MR) is 155 cm³/mol. The van der Waals surface area contributed by atoms with Gasteiger partial charge in [-0.1, -0.05) is 44.2 Å². The fourth-order valence-electron chi connectivity index (χ4n) is 5.09. The number of hydrogen-bond acceptors (Lipinski definition) is 6. The zero-order valence-electron chi connectivity index (χ0n) is 24.4. The summed E-state index contributed by atoms with van der Waals surface area (Å²) >= 11 is 0. The number of carbonyl (C=O) groups excluding carboxylic acids is 1. The third-order valence-corrected chi connectivity index (χ3v) is 9.63. The highest BCUT2D eigenvalue weighted by Crippen LogP contribution is 2.26. The Balaban J connectivity index is 1.77. The molecule has 0 bridgehead atoms. The van der Waals surface area contributed by atoms with Crippen molar-refractivity contribution in [3.05, 3.63) is 47.5 Å². The summed E-state index contributed by atoms with van der Waals surface area (Å²) in [5.41, 5.74) is 1.14. The lowest BCUT2D eigenvalue weighted by atomic mass is 10.1. The maximum atomic E-state index is 13.4. The molecule has 0 saturated carbocycles. The van der Waals surface area contributed by atoms with Crippen LogP contribution in [0.1, 0.15) is 69.2 Å². The minimum Gasteiger partial charge on any atom is -0.325 e. The number of aryl methyl sites for hydroxylation is 2. The van der Waals surface area contributed by atoms with Gasteiger partial charge in [-0.15, -0.1) is 0 Å². The molecule has 1 fully saturated rings. The molecule has 39 heavy (non-hydrogen) atoms.